The number of methoxy groups -OCH3 is 2. The van der Waals surface area contributed by atoms with Crippen LogP contribution >= 0.6 is 31.9 Å². The van der Waals surface area contributed by atoms with Crippen LogP contribution in [0, 0.1) is 0 Å². The largest absolute Gasteiger partial charge is 0.493 e. The lowest BCUT2D eigenvalue weighted by atomic mass is 9.95. The van der Waals surface area contributed by atoms with Crippen molar-refractivity contribution in [3.05, 3.63) is 61.0 Å². The van der Waals surface area contributed by atoms with Gasteiger partial charge in [0.1, 0.15) is 5.82 Å². The Labute approximate surface area is 207 Å². The molecule has 10 heteroatoms. The monoisotopic (exact) mass is 579 g/mol. The third-order valence-electron chi connectivity index (χ3n) is 4.62. The van der Waals surface area contributed by atoms with Crippen molar-refractivity contribution < 1.29 is 19.0 Å². The molecule has 33 heavy (non-hydrogen) atoms. The van der Waals surface area contributed by atoms with Crippen molar-refractivity contribution in [2.75, 3.05) is 20.8 Å². The van der Waals surface area contributed by atoms with Crippen LogP contribution in [0.3, 0.4) is 0 Å². The molecule has 3 aromatic rings. The maximum absolute atomic E-state index is 13.3. The molecular formula is C23H23Br2N3O5. The fourth-order valence-corrected chi connectivity index (χ4v) is 3.95. The average Bonchev–Trinajstić information content (AvgIpc) is 2.76. The quantitative estimate of drug-likeness (QED) is 0.311. The van der Waals surface area contributed by atoms with Gasteiger partial charge in [-0.05, 0) is 51.8 Å². The first-order valence-electron chi connectivity index (χ1n) is 9.89. The number of benzene rings is 2. The molecule has 0 radical (unpaired) electrons. The highest BCUT2D eigenvalue weighted by molar-refractivity contribution is 9.10. The Morgan fingerprint density at radius 2 is 1.91 bits per heavy atom. The van der Waals surface area contributed by atoms with Gasteiger partial charge in [0.2, 0.25) is 0 Å². The van der Waals surface area contributed by atoms with Crippen LogP contribution in [0.15, 0.2) is 49.2 Å². The average molecular weight is 581 g/mol. The van der Waals surface area contributed by atoms with Crippen molar-refractivity contribution in [3.63, 3.8) is 0 Å². The summed E-state index contributed by atoms with van der Waals surface area (Å²) in [4.78, 5) is 29.4. The zero-order valence-corrected chi connectivity index (χ0v) is 22.0. The topological polar surface area (TPSA) is 92.0 Å². The van der Waals surface area contributed by atoms with E-state index in [0.717, 1.165) is 4.47 Å². The molecule has 0 aliphatic carbocycles. The van der Waals surface area contributed by atoms with Gasteiger partial charge in [-0.2, -0.15) is 9.78 Å². The molecule has 3 rings (SSSR count). The molecule has 0 N–H and O–H groups in total. The predicted octanol–water partition coefficient (Wildman–Crippen LogP) is 4.66. The summed E-state index contributed by atoms with van der Waals surface area (Å²) >= 11 is 6.84. The molecule has 1 aromatic heterocycles. The third-order valence-corrected chi connectivity index (χ3v) is 5.70. The van der Waals surface area contributed by atoms with E-state index in [2.05, 4.69) is 41.7 Å². The van der Waals surface area contributed by atoms with Crippen LogP contribution < -0.4 is 15.0 Å². The van der Waals surface area contributed by atoms with Crippen LogP contribution in [0.1, 0.15) is 32.2 Å². The summed E-state index contributed by atoms with van der Waals surface area (Å²) in [6.45, 7) is 5.65. The fourth-order valence-electron chi connectivity index (χ4n) is 3.01. The number of nitrogens with zero attached hydrogens (tertiary/aromatic N) is 3. The van der Waals surface area contributed by atoms with E-state index < -0.39 is 11.4 Å². The van der Waals surface area contributed by atoms with Crippen LogP contribution in [0.4, 0.5) is 0 Å². The van der Waals surface area contributed by atoms with Gasteiger partial charge in [-0.3, -0.25) is 4.79 Å². The Bertz CT molecular complexity index is 1300. The molecule has 0 bridgehead atoms. The number of carbonyl (C=O) groups is 1. The first-order valence-corrected chi connectivity index (χ1v) is 11.5. The van der Waals surface area contributed by atoms with E-state index in [4.69, 9.17) is 14.5 Å². The smallest absolute Gasteiger partial charge is 0.343 e. The minimum absolute atomic E-state index is 0.262. The van der Waals surface area contributed by atoms with Gasteiger partial charge in [0.25, 0.3) is 5.56 Å². The minimum Gasteiger partial charge on any atom is -0.493 e. The molecule has 2 aromatic carbocycles. The van der Waals surface area contributed by atoms with Crippen molar-refractivity contribution in [2.45, 2.75) is 26.2 Å². The third kappa shape index (κ3) is 5.62. The first-order chi connectivity index (χ1) is 15.5. The molecule has 8 nitrogen and oxygen atoms in total. The number of hydrogen-bond acceptors (Lipinski definition) is 7. The number of esters is 1. The second-order valence-corrected chi connectivity index (χ2v) is 9.88. The first kappa shape index (κ1) is 24.9. The van der Waals surface area contributed by atoms with Crippen molar-refractivity contribution in [1.29, 1.82) is 0 Å². The molecule has 1 heterocycles. The lowest BCUT2D eigenvalue weighted by Gasteiger charge is -2.21. The van der Waals surface area contributed by atoms with Crippen LogP contribution in [0.5, 0.6) is 11.5 Å². The number of hydrogen-bond donors (Lipinski definition) is 0. The lowest BCUT2D eigenvalue weighted by molar-refractivity contribution is -0.142. The summed E-state index contributed by atoms with van der Waals surface area (Å²) in [5.74, 6) is 0.755. The highest BCUT2D eigenvalue weighted by atomic mass is 79.9. The number of halogens is 2. The summed E-state index contributed by atoms with van der Waals surface area (Å²) in [6, 6.07) is 8.82. The molecule has 0 fully saturated rings. The van der Waals surface area contributed by atoms with Gasteiger partial charge in [-0.25, -0.2) is 9.78 Å². The van der Waals surface area contributed by atoms with Gasteiger partial charge in [0.05, 0.1) is 35.8 Å². The maximum Gasteiger partial charge on any atom is 0.343 e. The van der Waals surface area contributed by atoms with E-state index in [-0.39, 0.29) is 12.2 Å². The lowest BCUT2D eigenvalue weighted by Crippen LogP contribution is -2.29. The van der Waals surface area contributed by atoms with Crippen molar-refractivity contribution in [1.82, 2.24) is 9.66 Å². The summed E-state index contributed by atoms with van der Waals surface area (Å²) in [5, 5.41) is 4.92. The number of rotatable bonds is 6. The predicted molar refractivity (Wildman–Crippen MR) is 134 cm³/mol. The highest BCUT2D eigenvalue weighted by Crippen LogP contribution is 2.36. The maximum atomic E-state index is 13.3. The van der Waals surface area contributed by atoms with Crippen LogP contribution in [-0.4, -0.2) is 42.7 Å². The van der Waals surface area contributed by atoms with E-state index >= 15 is 0 Å². The standard InChI is InChI=1S/C23H23Br2N3O5/c1-23(2,3)22-27-17-7-6-14(24)10-15(17)21(30)28(22)26-11-13-8-16(25)20(18(9-13)31-4)33-12-19(29)32-5/h6-11H,12H2,1-5H3. The van der Waals surface area contributed by atoms with E-state index in [1.54, 1.807) is 30.5 Å². The Balaban J connectivity index is 2.08. The molecule has 0 amide bonds. The molecule has 0 saturated heterocycles. The van der Waals surface area contributed by atoms with Gasteiger partial charge in [0, 0.05) is 9.89 Å². The van der Waals surface area contributed by atoms with Crippen molar-refractivity contribution >= 4 is 54.9 Å². The number of carbonyl (C=O) groups excluding carboxylic acids is 1. The van der Waals surface area contributed by atoms with Crippen molar-refractivity contribution in [3.8, 4) is 11.5 Å². The van der Waals surface area contributed by atoms with E-state index in [1.165, 1.54) is 18.9 Å². The highest BCUT2D eigenvalue weighted by Gasteiger charge is 2.23. The van der Waals surface area contributed by atoms with Gasteiger partial charge >= 0.3 is 5.97 Å². The zero-order valence-electron chi connectivity index (χ0n) is 18.8. The second kappa shape index (κ2) is 10.0. The van der Waals surface area contributed by atoms with Crippen molar-refractivity contribution in [2.24, 2.45) is 5.10 Å². The molecule has 0 unspecified atom stereocenters. The molecule has 0 aliphatic rings. The Morgan fingerprint density at radius 1 is 1.18 bits per heavy atom. The minimum atomic E-state index is -0.515. The number of aromatic nitrogens is 2. The summed E-state index contributed by atoms with van der Waals surface area (Å²) in [7, 11) is 2.77. The fraction of sp³-hybridized carbons (Fsp3) is 0.304. The van der Waals surface area contributed by atoms with Gasteiger partial charge in [0.15, 0.2) is 18.1 Å². The van der Waals surface area contributed by atoms with E-state index in [9.17, 15) is 9.59 Å². The van der Waals surface area contributed by atoms with Crippen LogP contribution in [0.2, 0.25) is 0 Å². The molecule has 174 valence electrons. The normalized spacial score (nSPS) is 11.7. The molecular weight excluding hydrogens is 558 g/mol. The Morgan fingerprint density at radius 3 is 2.55 bits per heavy atom. The van der Waals surface area contributed by atoms with E-state index in [1.807, 2.05) is 26.8 Å². The van der Waals surface area contributed by atoms with E-state index in [0.29, 0.717) is 38.3 Å². The van der Waals surface area contributed by atoms with Crippen LogP contribution in [-0.2, 0) is 14.9 Å². The molecule has 0 atom stereocenters. The Hall–Kier alpha value is -2.72. The number of fused-ring (bicyclic) bond motifs is 1. The van der Waals surface area contributed by atoms with Gasteiger partial charge < -0.3 is 14.2 Å². The molecule has 0 aliphatic heterocycles. The molecule has 0 spiro atoms. The molecule has 0 saturated carbocycles. The van der Waals surface area contributed by atoms with Gasteiger partial charge in [-0.1, -0.05) is 36.7 Å². The van der Waals surface area contributed by atoms with Crippen LogP contribution in [0.25, 0.3) is 10.9 Å². The van der Waals surface area contributed by atoms with Gasteiger partial charge in [-0.15, -0.1) is 0 Å². The summed E-state index contributed by atoms with van der Waals surface area (Å²) in [6.07, 6.45) is 1.54. The Kier molecular flexibility index (Phi) is 7.58. The zero-order chi connectivity index (χ0) is 24.3. The SMILES string of the molecule is COC(=O)COc1c(Br)cc(C=Nn2c(C(C)(C)C)nc3ccc(Br)cc3c2=O)cc1OC. The second-order valence-electron chi connectivity index (χ2n) is 8.11. The summed E-state index contributed by atoms with van der Waals surface area (Å²) < 4.78 is 18.2. The summed E-state index contributed by atoms with van der Waals surface area (Å²) in [5.41, 5.74) is 0.551. The number of ether oxygens (including phenoxy) is 3.